The third-order valence-electron chi connectivity index (χ3n) is 3.25. The minimum absolute atomic E-state index is 0.115. The average Bonchev–Trinajstić information content (AvgIpc) is 2.62. The van der Waals surface area contributed by atoms with Gasteiger partial charge in [0, 0.05) is 24.9 Å². The lowest BCUT2D eigenvalue weighted by Crippen LogP contribution is -2.13. The van der Waals surface area contributed by atoms with Crippen molar-refractivity contribution >= 4 is 27.4 Å². The Morgan fingerprint density at radius 2 is 1.69 bits per heavy atom. The second-order valence-electron chi connectivity index (χ2n) is 5.06. The van der Waals surface area contributed by atoms with E-state index in [9.17, 15) is 23.3 Å². The van der Waals surface area contributed by atoms with Crippen molar-refractivity contribution in [2.75, 3.05) is 25.0 Å². The molecule has 2 aromatic carbocycles. The van der Waals surface area contributed by atoms with Crippen molar-refractivity contribution in [1.29, 1.82) is 0 Å². The van der Waals surface area contributed by atoms with E-state index in [0.717, 1.165) is 24.3 Å². The van der Waals surface area contributed by atoms with Crippen LogP contribution in [0.1, 0.15) is 10.4 Å². The van der Waals surface area contributed by atoms with Gasteiger partial charge in [0.1, 0.15) is 6.61 Å². The fourth-order valence-corrected chi connectivity index (χ4v) is 3.00. The molecule has 0 saturated heterocycles. The quantitative estimate of drug-likeness (QED) is 0.322. The number of sulfonamides is 1. The molecule has 9 nitrogen and oxygen atoms in total. The van der Waals surface area contributed by atoms with Gasteiger partial charge in [0.05, 0.1) is 22.0 Å². The van der Waals surface area contributed by atoms with Gasteiger partial charge in [-0.15, -0.1) is 0 Å². The molecule has 0 spiro atoms. The Morgan fingerprint density at radius 1 is 1.08 bits per heavy atom. The molecule has 0 fully saturated rings. The van der Waals surface area contributed by atoms with E-state index in [1.807, 2.05) is 0 Å². The maximum absolute atomic E-state index is 12.3. The molecule has 0 saturated carbocycles. The van der Waals surface area contributed by atoms with Gasteiger partial charge >= 0.3 is 5.97 Å². The van der Waals surface area contributed by atoms with E-state index in [-0.39, 0.29) is 35.0 Å². The number of benzene rings is 2. The summed E-state index contributed by atoms with van der Waals surface area (Å²) in [6.07, 6.45) is 0. The fourth-order valence-electron chi connectivity index (χ4n) is 1.94. The summed E-state index contributed by atoms with van der Waals surface area (Å²) in [6, 6.07) is 10.2. The molecule has 2 aromatic rings. The van der Waals surface area contributed by atoms with Gasteiger partial charge in [-0.1, -0.05) is 0 Å². The van der Waals surface area contributed by atoms with E-state index in [0.29, 0.717) is 0 Å². The topological polar surface area (TPSA) is 125 Å². The normalized spacial score (nSPS) is 11.0. The highest BCUT2D eigenvalue weighted by Gasteiger charge is 2.16. The zero-order valence-electron chi connectivity index (χ0n) is 13.7. The molecule has 1 N–H and O–H groups in total. The van der Waals surface area contributed by atoms with Crippen LogP contribution in [0.4, 0.5) is 11.4 Å². The van der Waals surface area contributed by atoms with E-state index in [1.165, 1.54) is 31.4 Å². The van der Waals surface area contributed by atoms with E-state index in [4.69, 9.17) is 9.47 Å². The second-order valence-corrected chi connectivity index (χ2v) is 6.74. The van der Waals surface area contributed by atoms with Crippen LogP contribution in [0.15, 0.2) is 53.4 Å². The summed E-state index contributed by atoms with van der Waals surface area (Å²) < 4.78 is 36.6. The van der Waals surface area contributed by atoms with Crippen molar-refractivity contribution in [3.63, 3.8) is 0 Å². The first-order valence-electron chi connectivity index (χ1n) is 7.37. The number of hydrogen-bond acceptors (Lipinski definition) is 7. The molecular weight excluding hydrogens is 364 g/mol. The number of methoxy groups -OCH3 is 1. The summed E-state index contributed by atoms with van der Waals surface area (Å²) >= 11 is 0. The SMILES string of the molecule is COCCOC(=O)c1ccc(NS(=O)(=O)c2ccc([N+](=O)[O-])cc2)cc1. The van der Waals surface area contributed by atoms with Gasteiger partial charge in [0.2, 0.25) is 0 Å². The number of anilines is 1. The Hall–Kier alpha value is -2.98. The average molecular weight is 380 g/mol. The van der Waals surface area contributed by atoms with Gasteiger partial charge in [0.15, 0.2) is 0 Å². The highest BCUT2D eigenvalue weighted by molar-refractivity contribution is 7.92. The molecule has 2 rings (SSSR count). The Kier molecular flexibility index (Phi) is 6.26. The zero-order valence-corrected chi connectivity index (χ0v) is 14.6. The Morgan fingerprint density at radius 3 is 2.23 bits per heavy atom. The molecule has 0 aliphatic carbocycles. The lowest BCUT2D eigenvalue weighted by atomic mass is 10.2. The number of esters is 1. The van der Waals surface area contributed by atoms with E-state index in [2.05, 4.69) is 4.72 Å². The number of carbonyl (C=O) groups excluding carboxylic acids is 1. The molecule has 26 heavy (non-hydrogen) atoms. The van der Waals surface area contributed by atoms with E-state index in [1.54, 1.807) is 0 Å². The number of carbonyl (C=O) groups is 1. The van der Waals surface area contributed by atoms with Crippen molar-refractivity contribution in [1.82, 2.24) is 0 Å². The lowest BCUT2D eigenvalue weighted by molar-refractivity contribution is -0.384. The summed E-state index contributed by atoms with van der Waals surface area (Å²) in [4.78, 5) is 21.6. The Bertz CT molecular complexity index is 878. The highest BCUT2D eigenvalue weighted by Crippen LogP contribution is 2.19. The molecule has 0 aliphatic rings. The first kappa shape index (κ1) is 19.3. The van der Waals surface area contributed by atoms with Crippen LogP contribution in [0.3, 0.4) is 0 Å². The monoisotopic (exact) mass is 380 g/mol. The first-order chi connectivity index (χ1) is 12.3. The van der Waals surface area contributed by atoms with Crippen LogP contribution >= 0.6 is 0 Å². The molecule has 0 heterocycles. The smallest absolute Gasteiger partial charge is 0.338 e. The van der Waals surface area contributed by atoms with Gasteiger partial charge < -0.3 is 9.47 Å². The van der Waals surface area contributed by atoms with Crippen molar-refractivity contribution in [3.05, 3.63) is 64.2 Å². The van der Waals surface area contributed by atoms with Crippen LogP contribution in [0, 0.1) is 10.1 Å². The largest absolute Gasteiger partial charge is 0.460 e. The Labute approximate surface area is 149 Å². The third kappa shape index (κ3) is 5.01. The van der Waals surface area contributed by atoms with Crippen molar-refractivity contribution in [2.24, 2.45) is 0 Å². The van der Waals surface area contributed by atoms with Crippen LogP contribution < -0.4 is 4.72 Å². The van der Waals surface area contributed by atoms with Crippen LogP contribution in [-0.2, 0) is 19.5 Å². The van der Waals surface area contributed by atoms with Gasteiger partial charge in [-0.3, -0.25) is 14.8 Å². The number of ether oxygens (including phenoxy) is 2. The molecule has 0 atom stereocenters. The lowest BCUT2D eigenvalue weighted by Gasteiger charge is -2.09. The molecular formula is C16H16N2O7S. The molecule has 0 bridgehead atoms. The predicted octanol–water partition coefficient (Wildman–Crippen LogP) is 2.20. The van der Waals surface area contributed by atoms with Crippen molar-refractivity contribution in [3.8, 4) is 0 Å². The van der Waals surface area contributed by atoms with Gasteiger partial charge in [0.25, 0.3) is 15.7 Å². The summed E-state index contributed by atoms with van der Waals surface area (Å²) in [7, 11) is -2.43. The van der Waals surface area contributed by atoms with E-state index < -0.39 is 20.9 Å². The Balaban J connectivity index is 2.07. The van der Waals surface area contributed by atoms with Gasteiger partial charge in [-0.05, 0) is 36.4 Å². The van der Waals surface area contributed by atoms with Crippen LogP contribution in [-0.4, -0.2) is 39.6 Å². The molecule has 0 aromatic heterocycles. The third-order valence-corrected chi connectivity index (χ3v) is 4.65. The maximum atomic E-state index is 12.3. The maximum Gasteiger partial charge on any atom is 0.338 e. The number of non-ortho nitro benzene ring substituents is 1. The summed E-state index contributed by atoms with van der Waals surface area (Å²) in [6.45, 7) is 0.392. The van der Waals surface area contributed by atoms with Gasteiger partial charge in [-0.25, -0.2) is 13.2 Å². The minimum atomic E-state index is -3.91. The van der Waals surface area contributed by atoms with Crippen molar-refractivity contribution in [2.45, 2.75) is 4.90 Å². The van der Waals surface area contributed by atoms with Gasteiger partial charge in [-0.2, -0.15) is 0 Å². The molecule has 138 valence electrons. The molecule has 10 heteroatoms. The number of nitrogens with zero attached hydrogens (tertiary/aromatic N) is 1. The molecule has 0 amide bonds. The number of hydrogen-bond donors (Lipinski definition) is 1. The standard InChI is InChI=1S/C16H16N2O7S/c1-24-10-11-25-16(19)12-2-4-13(5-3-12)17-26(22,23)15-8-6-14(7-9-15)18(20)21/h2-9,17H,10-11H2,1H3. The number of nitro groups is 1. The van der Waals surface area contributed by atoms with Crippen LogP contribution in [0.5, 0.6) is 0 Å². The summed E-state index contributed by atoms with van der Waals surface area (Å²) in [5, 5.41) is 10.6. The number of nitro benzene ring substituents is 1. The second kappa shape index (κ2) is 8.41. The van der Waals surface area contributed by atoms with Crippen LogP contribution in [0.2, 0.25) is 0 Å². The summed E-state index contributed by atoms with van der Waals surface area (Å²) in [5.74, 6) is -0.549. The number of nitrogens with one attached hydrogen (secondary N) is 1. The van der Waals surface area contributed by atoms with Crippen LogP contribution in [0.25, 0.3) is 0 Å². The highest BCUT2D eigenvalue weighted by atomic mass is 32.2. The number of rotatable bonds is 8. The molecule has 0 aliphatic heterocycles. The minimum Gasteiger partial charge on any atom is -0.460 e. The summed E-state index contributed by atoms with van der Waals surface area (Å²) in [5.41, 5.74) is 0.288. The van der Waals surface area contributed by atoms with Crippen molar-refractivity contribution < 1.29 is 27.6 Å². The zero-order chi connectivity index (χ0) is 19.2. The fraction of sp³-hybridized carbons (Fsp3) is 0.188. The predicted molar refractivity (Wildman–Crippen MR) is 92.5 cm³/mol. The van der Waals surface area contributed by atoms with E-state index >= 15 is 0 Å². The molecule has 0 radical (unpaired) electrons. The molecule has 0 unspecified atom stereocenters. The first-order valence-corrected chi connectivity index (χ1v) is 8.85.